The van der Waals surface area contributed by atoms with Gasteiger partial charge in [0.15, 0.2) is 5.82 Å². The molecule has 0 atom stereocenters. The Balaban J connectivity index is 2.21. The van der Waals surface area contributed by atoms with Crippen molar-refractivity contribution in [1.29, 1.82) is 0 Å². The SMILES string of the molecule is Cc1c(Br)cccc1C(=O)Nc1cc(C(=O)O)[nH]n1. The number of hydrogen-bond donors (Lipinski definition) is 3. The zero-order valence-electron chi connectivity index (χ0n) is 9.90. The molecule has 19 heavy (non-hydrogen) atoms. The molecule has 0 aliphatic heterocycles. The maximum Gasteiger partial charge on any atom is 0.353 e. The number of benzene rings is 1. The molecule has 0 radical (unpaired) electrons. The molecule has 0 aliphatic carbocycles. The summed E-state index contributed by atoms with van der Waals surface area (Å²) >= 11 is 3.34. The molecule has 0 bridgehead atoms. The largest absolute Gasteiger partial charge is 0.477 e. The smallest absolute Gasteiger partial charge is 0.353 e. The Hall–Kier alpha value is -2.15. The minimum Gasteiger partial charge on any atom is -0.477 e. The summed E-state index contributed by atoms with van der Waals surface area (Å²) in [5.41, 5.74) is 1.21. The second-order valence-corrected chi connectivity index (χ2v) is 4.69. The lowest BCUT2D eigenvalue weighted by Gasteiger charge is -2.06. The number of aromatic amines is 1. The highest BCUT2D eigenvalue weighted by atomic mass is 79.9. The van der Waals surface area contributed by atoms with Crippen molar-refractivity contribution in [2.24, 2.45) is 0 Å². The van der Waals surface area contributed by atoms with Crippen LogP contribution in [-0.2, 0) is 0 Å². The maximum absolute atomic E-state index is 12.0. The van der Waals surface area contributed by atoms with Gasteiger partial charge in [-0.2, -0.15) is 5.10 Å². The fraction of sp³-hybridized carbons (Fsp3) is 0.0833. The van der Waals surface area contributed by atoms with Gasteiger partial charge in [0, 0.05) is 16.1 Å². The Bertz CT molecular complexity index is 651. The van der Waals surface area contributed by atoms with E-state index in [1.54, 1.807) is 12.1 Å². The molecule has 7 heteroatoms. The monoisotopic (exact) mass is 323 g/mol. The first-order chi connectivity index (χ1) is 8.99. The average Bonchev–Trinajstić information content (AvgIpc) is 2.81. The summed E-state index contributed by atoms with van der Waals surface area (Å²) in [6.07, 6.45) is 0. The second kappa shape index (κ2) is 5.23. The molecule has 3 N–H and O–H groups in total. The van der Waals surface area contributed by atoms with Crippen LogP contribution in [0.4, 0.5) is 5.82 Å². The minimum absolute atomic E-state index is 0.0822. The third kappa shape index (κ3) is 2.82. The molecule has 0 fully saturated rings. The first kappa shape index (κ1) is 13.3. The zero-order chi connectivity index (χ0) is 14.0. The molecular weight excluding hydrogens is 314 g/mol. The van der Waals surface area contributed by atoms with Gasteiger partial charge in [-0.15, -0.1) is 0 Å². The fourth-order valence-electron chi connectivity index (χ4n) is 1.53. The molecule has 6 nitrogen and oxygen atoms in total. The highest BCUT2D eigenvalue weighted by molar-refractivity contribution is 9.10. The van der Waals surface area contributed by atoms with Gasteiger partial charge < -0.3 is 10.4 Å². The number of rotatable bonds is 3. The normalized spacial score (nSPS) is 10.2. The minimum atomic E-state index is -1.13. The summed E-state index contributed by atoms with van der Waals surface area (Å²) in [7, 11) is 0. The molecule has 0 aliphatic rings. The number of hydrogen-bond acceptors (Lipinski definition) is 3. The van der Waals surface area contributed by atoms with E-state index in [0.717, 1.165) is 10.0 Å². The Kier molecular flexibility index (Phi) is 3.66. The highest BCUT2D eigenvalue weighted by Crippen LogP contribution is 2.20. The Morgan fingerprint density at radius 2 is 2.16 bits per heavy atom. The molecule has 0 saturated heterocycles. The molecule has 2 aromatic rings. The van der Waals surface area contributed by atoms with Crippen LogP contribution >= 0.6 is 15.9 Å². The Morgan fingerprint density at radius 1 is 1.42 bits per heavy atom. The topological polar surface area (TPSA) is 95.1 Å². The van der Waals surface area contributed by atoms with Crippen LogP contribution in [0.15, 0.2) is 28.7 Å². The van der Waals surface area contributed by atoms with Crippen LogP contribution in [0.2, 0.25) is 0 Å². The number of H-pyrrole nitrogens is 1. The number of amides is 1. The van der Waals surface area contributed by atoms with Crippen LogP contribution in [-0.4, -0.2) is 27.2 Å². The van der Waals surface area contributed by atoms with Crippen LogP contribution in [0, 0.1) is 6.92 Å². The molecule has 1 amide bonds. The van der Waals surface area contributed by atoms with Gasteiger partial charge in [0.25, 0.3) is 5.91 Å². The number of aromatic carboxylic acids is 1. The predicted molar refractivity (Wildman–Crippen MR) is 72.4 cm³/mol. The van der Waals surface area contributed by atoms with Crippen molar-refractivity contribution in [1.82, 2.24) is 10.2 Å². The highest BCUT2D eigenvalue weighted by Gasteiger charge is 2.14. The van der Waals surface area contributed by atoms with Crippen LogP contribution < -0.4 is 5.32 Å². The van der Waals surface area contributed by atoms with E-state index in [1.807, 2.05) is 13.0 Å². The van der Waals surface area contributed by atoms with Crippen LogP contribution in [0.1, 0.15) is 26.4 Å². The number of anilines is 1. The lowest BCUT2D eigenvalue weighted by Crippen LogP contribution is -2.13. The summed E-state index contributed by atoms with van der Waals surface area (Å²) in [5.74, 6) is -1.31. The quantitative estimate of drug-likeness (QED) is 0.808. The van der Waals surface area contributed by atoms with Gasteiger partial charge in [-0.25, -0.2) is 4.79 Å². The fourth-order valence-corrected chi connectivity index (χ4v) is 1.90. The van der Waals surface area contributed by atoms with Crippen molar-refractivity contribution in [3.63, 3.8) is 0 Å². The molecular formula is C12H10BrN3O3. The predicted octanol–water partition coefficient (Wildman–Crippen LogP) is 2.43. The van der Waals surface area contributed by atoms with Crippen molar-refractivity contribution in [2.75, 3.05) is 5.32 Å². The van der Waals surface area contributed by atoms with Gasteiger partial charge in [-0.05, 0) is 24.6 Å². The van der Waals surface area contributed by atoms with Crippen molar-refractivity contribution in [2.45, 2.75) is 6.92 Å². The number of aromatic nitrogens is 2. The van der Waals surface area contributed by atoms with E-state index < -0.39 is 5.97 Å². The Labute approximate surface area is 117 Å². The lowest BCUT2D eigenvalue weighted by atomic mass is 10.1. The maximum atomic E-state index is 12.0. The molecule has 1 heterocycles. The summed E-state index contributed by atoms with van der Waals surface area (Å²) < 4.78 is 0.827. The number of nitrogens with zero attached hydrogens (tertiary/aromatic N) is 1. The van der Waals surface area contributed by atoms with Gasteiger partial charge >= 0.3 is 5.97 Å². The van der Waals surface area contributed by atoms with Gasteiger partial charge in [0.2, 0.25) is 0 Å². The third-order valence-electron chi connectivity index (χ3n) is 2.56. The summed E-state index contributed by atoms with van der Waals surface area (Å²) in [6.45, 7) is 1.81. The van der Waals surface area contributed by atoms with Crippen LogP contribution in [0.3, 0.4) is 0 Å². The van der Waals surface area contributed by atoms with Gasteiger partial charge in [-0.1, -0.05) is 22.0 Å². The summed E-state index contributed by atoms with van der Waals surface area (Å²) in [4.78, 5) is 22.7. The molecule has 98 valence electrons. The van der Waals surface area contributed by atoms with E-state index >= 15 is 0 Å². The van der Waals surface area contributed by atoms with E-state index in [4.69, 9.17) is 5.11 Å². The first-order valence-electron chi connectivity index (χ1n) is 5.34. The van der Waals surface area contributed by atoms with E-state index in [1.165, 1.54) is 6.07 Å². The number of carbonyl (C=O) groups excluding carboxylic acids is 1. The first-order valence-corrected chi connectivity index (χ1v) is 6.13. The van der Waals surface area contributed by atoms with Crippen LogP contribution in [0.25, 0.3) is 0 Å². The van der Waals surface area contributed by atoms with E-state index in [-0.39, 0.29) is 17.4 Å². The second-order valence-electron chi connectivity index (χ2n) is 3.84. The number of halogens is 1. The molecule has 2 rings (SSSR count). The van der Waals surface area contributed by atoms with Gasteiger partial charge in [0.05, 0.1) is 0 Å². The van der Waals surface area contributed by atoms with Crippen molar-refractivity contribution in [3.8, 4) is 0 Å². The van der Waals surface area contributed by atoms with Gasteiger partial charge in [-0.3, -0.25) is 9.89 Å². The van der Waals surface area contributed by atoms with Crippen LogP contribution in [0.5, 0.6) is 0 Å². The van der Waals surface area contributed by atoms with Gasteiger partial charge in [0.1, 0.15) is 5.69 Å². The number of nitrogens with one attached hydrogen (secondary N) is 2. The number of carbonyl (C=O) groups is 2. The molecule has 0 spiro atoms. The van der Waals surface area contributed by atoms with Crippen molar-refractivity contribution in [3.05, 3.63) is 45.6 Å². The molecule has 0 unspecified atom stereocenters. The lowest BCUT2D eigenvalue weighted by molar-refractivity contribution is 0.0690. The Morgan fingerprint density at radius 3 is 2.79 bits per heavy atom. The summed E-state index contributed by atoms with van der Waals surface area (Å²) in [6, 6.07) is 6.52. The van der Waals surface area contributed by atoms with Crippen molar-refractivity contribution >= 4 is 33.6 Å². The number of carboxylic acids is 1. The van der Waals surface area contributed by atoms with Crippen molar-refractivity contribution < 1.29 is 14.7 Å². The molecule has 1 aromatic carbocycles. The molecule has 1 aromatic heterocycles. The zero-order valence-corrected chi connectivity index (χ0v) is 11.5. The molecule has 0 saturated carbocycles. The van der Waals surface area contributed by atoms with E-state index in [9.17, 15) is 9.59 Å². The standard InChI is InChI=1S/C12H10BrN3O3/c1-6-7(3-2-4-8(6)13)11(17)14-10-5-9(12(18)19)15-16-10/h2-5H,1H3,(H,18,19)(H2,14,15,16,17). The van der Waals surface area contributed by atoms with E-state index in [0.29, 0.717) is 5.56 Å². The average molecular weight is 324 g/mol. The number of carboxylic acid groups (broad SMARTS) is 1. The summed E-state index contributed by atoms with van der Waals surface area (Å²) in [5, 5.41) is 17.3. The van der Waals surface area contributed by atoms with E-state index in [2.05, 4.69) is 31.4 Å². The third-order valence-corrected chi connectivity index (χ3v) is 3.42.